The van der Waals surface area contributed by atoms with Gasteiger partial charge in [-0.15, -0.1) is 0 Å². The minimum absolute atomic E-state index is 0.00714. The Kier molecular flexibility index (Phi) is 5.72. The summed E-state index contributed by atoms with van der Waals surface area (Å²) in [4.78, 5) is 0. The van der Waals surface area contributed by atoms with Crippen molar-refractivity contribution < 1.29 is 22.0 Å². The average molecular weight is 281 g/mol. The molecule has 1 N–H and O–H groups in total. The lowest BCUT2D eigenvalue weighted by atomic mass is 10.0. The maximum Gasteiger partial charge on any atom is 0.389 e. The second-order valence-electron chi connectivity index (χ2n) is 4.47. The summed E-state index contributed by atoms with van der Waals surface area (Å²) in [5.41, 5.74) is 0.434. The van der Waals surface area contributed by atoms with E-state index >= 15 is 0 Å². The number of benzene rings is 1. The Bertz CT molecular complexity index is 382. The first-order valence-electron chi connectivity index (χ1n) is 5.99. The van der Waals surface area contributed by atoms with E-state index in [1.807, 2.05) is 0 Å². The van der Waals surface area contributed by atoms with Gasteiger partial charge in [-0.25, -0.2) is 8.78 Å². The Morgan fingerprint density at radius 3 is 2.16 bits per heavy atom. The number of hydrogen-bond donors (Lipinski definition) is 1. The Labute approximate surface area is 108 Å². The van der Waals surface area contributed by atoms with Crippen LogP contribution in [-0.2, 0) is 6.42 Å². The van der Waals surface area contributed by atoms with Gasteiger partial charge >= 0.3 is 6.18 Å². The Balaban J connectivity index is 2.52. The summed E-state index contributed by atoms with van der Waals surface area (Å²) in [6.07, 6.45) is -4.42. The minimum Gasteiger partial charge on any atom is -0.317 e. The molecule has 6 heteroatoms. The van der Waals surface area contributed by atoms with Crippen LogP contribution in [0.2, 0.25) is 0 Å². The predicted molar refractivity (Wildman–Crippen MR) is 62.8 cm³/mol. The highest BCUT2D eigenvalue weighted by atomic mass is 19.4. The van der Waals surface area contributed by atoms with Gasteiger partial charge in [0, 0.05) is 18.5 Å². The van der Waals surface area contributed by atoms with Crippen molar-refractivity contribution in [2.24, 2.45) is 0 Å². The largest absolute Gasteiger partial charge is 0.389 e. The van der Waals surface area contributed by atoms with Crippen LogP contribution in [0.4, 0.5) is 22.0 Å². The zero-order valence-corrected chi connectivity index (χ0v) is 10.5. The van der Waals surface area contributed by atoms with E-state index in [1.54, 1.807) is 7.05 Å². The van der Waals surface area contributed by atoms with E-state index in [2.05, 4.69) is 5.32 Å². The molecule has 1 aromatic carbocycles. The molecular weight excluding hydrogens is 265 g/mol. The normalized spacial score (nSPS) is 13.6. The molecule has 0 saturated heterocycles. The second kappa shape index (κ2) is 6.84. The Hall–Kier alpha value is -1.17. The molecule has 1 nitrogen and oxygen atoms in total. The van der Waals surface area contributed by atoms with E-state index in [4.69, 9.17) is 0 Å². The smallest absolute Gasteiger partial charge is 0.317 e. The highest BCUT2D eigenvalue weighted by molar-refractivity contribution is 5.18. The van der Waals surface area contributed by atoms with E-state index < -0.39 is 24.2 Å². The first-order valence-corrected chi connectivity index (χ1v) is 5.99. The summed E-state index contributed by atoms with van der Waals surface area (Å²) < 4.78 is 62.0. The van der Waals surface area contributed by atoms with Crippen LogP contribution in [0.5, 0.6) is 0 Å². The number of nitrogens with one attached hydrogen (secondary N) is 1. The van der Waals surface area contributed by atoms with Crippen molar-refractivity contribution in [3.05, 3.63) is 35.4 Å². The predicted octanol–water partition coefficient (Wildman–Crippen LogP) is 3.83. The molecule has 1 rings (SSSR count). The Morgan fingerprint density at radius 1 is 1.11 bits per heavy atom. The molecule has 0 saturated carbocycles. The maximum atomic E-state index is 13.0. The van der Waals surface area contributed by atoms with Crippen molar-refractivity contribution in [3.63, 3.8) is 0 Å². The van der Waals surface area contributed by atoms with Crippen molar-refractivity contribution in [2.75, 3.05) is 7.05 Å². The van der Waals surface area contributed by atoms with Gasteiger partial charge in [0.1, 0.15) is 11.6 Å². The minimum atomic E-state index is -4.16. The lowest BCUT2D eigenvalue weighted by molar-refractivity contribution is -0.135. The van der Waals surface area contributed by atoms with E-state index in [0.29, 0.717) is 18.4 Å². The number of rotatable bonds is 6. The molecule has 0 aliphatic rings. The number of hydrogen-bond acceptors (Lipinski definition) is 1. The van der Waals surface area contributed by atoms with Gasteiger partial charge in [0.25, 0.3) is 0 Å². The molecule has 1 unspecified atom stereocenters. The third-order valence-electron chi connectivity index (χ3n) is 2.83. The van der Waals surface area contributed by atoms with Crippen molar-refractivity contribution >= 4 is 0 Å². The third-order valence-corrected chi connectivity index (χ3v) is 2.83. The highest BCUT2D eigenvalue weighted by Crippen LogP contribution is 2.23. The van der Waals surface area contributed by atoms with Crippen LogP contribution in [0.3, 0.4) is 0 Å². The molecule has 0 amide bonds. The summed E-state index contributed by atoms with van der Waals surface area (Å²) in [6, 6.07) is 2.92. The molecule has 108 valence electrons. The molecule has 0 heterocycles. The lowest BCUT2D eigenvalue weighted by Gasteiger charge is -2.17. The van der Waals surface area contributed by atoms with Gasteiger partial charge in [0.15, 0.2) is 0 Å². The van der Waals surface area contributed by atoms with Crippen LogP contribution in [0, 0.1) is 11.6 Å². The molecule has 0 fully saturated rings. The van der Waals surface area contributed by atoms with E-state index in [-0.39, 0.29) is 12.5 Å². The number of halogens is 5. The molecule has 0 bridgehead atoms. The first kappa shape index (κ1) is 15.9. The molecule has 0 radical (unpaired) electrons. The van der Waals surface area contributed by atoms with Crippen molar-refractivity contribution in [3.8, 4) is 0 Å². The molecular formula is C13H16F5N. The lowest BCUT2D eigenvalue weighted by Crippen LogP contribution is -2.28. The fraction of sp³-hybridized carbons (Fsp3) is 0.538. The molecule has 1 aromatic rings. The second-order valence-corrected chi connectivity index (χ2v) is 4.47. The van der Waals surface area contributed by atoms with E-state index in [1.165, 1.54) is 12.1 Å². The van der Waals surface area contributed by atoms with Gasteiger partial charge in [0.2, 0.25) is 0 Å². The van der Waals surface area contributed by atoms with Gasteiger partial charge < -0.3 is 5.32 Å². The average Bonchev–Trinajstić information content (AvgIpc) is 2.24. The number of likely N-dealkylation sites (N-methyl/N-ethyl adjacent to an activating group) is 1. The monoisotopic (exact) mass is 281 g/mol. The summed E-state index contributed by atoms with van der Waals surface area (Å²) in [5, 5.41) is 2.86. The van der Waals surface area contributed by atoms with Crippen LogP contribution >= 0.6 is 0 Å². The fourth-order valence-electron chi connectivity index (χ4n) is 1.91. The standard InChI is InChI=1S/C13H16F5N/c1-19-12(3-2-4-13(16,17)18)7-9-5-10(14)8-11(15)6-9/h5-6,8,12,19H,2-4,7H2,1H3. The zero-order valence-electron chi connectivity index (χ0n) is 10.5. The summed E-state index contributed by atoms with van der Waals surface area (Å²) >= 11 is 0. The van der Waals surface area contributed by atoms with E-state index in [9.17, 15) is 22.0 Å². The fourth-order valence-corrected chi connectivity index (χ4v) is 1.91. The van der Waals surface area contributed by atoms with Gasteiger partial charge in [-0.2, -0.15) is 13.2 Å². The van der Waals surface area contributed by atoms with Crippen LogP contribution in [0.25, 0.3) is 0 Å². The quantitative estimate of drug-likeness (QED) is 0.781. The van der Waals surface area contributed by atoms with Crippen LogP contribution < -0.4 is 5.32 Å². The van der Waals surface area contributed by atoms with Gasteiger partial charge in [-0.1, -0.05) is 0 Å². The third kappa shape index (κ3) is 6.52. The molecule has 19 heavy (non-hydrogen) atoms. The molecule has 0 aliphatic carbocycles. The maximum absolute atomic E-state index is 13.0. The van der Waals surface area contributed by atoms with Crippen molar-refractivity contribution in [2.45, 2.75) is 37.9 Å². The molecule has 0 aromatic heterocycles. The summed E-state index contributed by atoms with van der Waals surface area (Å²) in [7, 11) is 1.62. The Morgan fingerprint density at radius 2 is 1.68 bits per heavy atom. The van der Waals surface area contributed by atoms with Crippen molar-refractivity contribution in [1.82, 2.24) is 5.32 Å². The van der Waals surface area contributed by atoms with Crippen molar-refractivity contribution in [1.29, 1.82) is 0 Å². The van der Waals surface area contributed by atoms with E-state index in [0.717, 1.165) is 6.07 Å². The van der Waals surface area contributed by atoms with Gasteiger partial charge in [0.05, 0.1) is 0 Å². The molecule has 0 spiro atoms. The highest BCUT2D eigenvalue weighted by Gasteiger charge is 2.26. The number of alkyl halides is 3. The summed E-state index contributed by atoms with van der Waals surface area (Å²) in [6.45, 7) is 0. The van der Waals surface area contributed by atoms with Crippen LogP contribution in [-0.4, -0.2) is 19.3 Å². The van der Waals surface area contributed by atoms with Gasteiger partial charge in [-0.05, 0) is 44.0 Å². The molecule has 0 aliphatic heterocycles. The van der Waals surface area contributed by atoms with Gasteiger partial charge in [-0.3, -0.25) is 0 Å². The van der Waals surface area contributed by atoms with Crippen LogP contribution in [0.1, 0.15) is 24.8 Å². The SMILES string of the molecule is CNC(CCCC(F)(F)F)Cc1cc(F)cc(F)c1. The van der Waals surface area contributed by atoms with Crippen LogP contribution in [0.15, 0.2) is 18.2 Å². The summed E-state index contributed by atoms with van der Waals surface area (Å²) in [5.74, 6) is -1.36. The zero-order chi connectivity index (χ0) is 14.5. The molecule has 1 atom stereocenters. The topological polar surface area (TPSA) is 12.0 Å². The first-order chi connectivity index (χ1) is 8.80.